The highest BCUT2D eigenvalue weighted by Crippen LogP contribution is 2.45. The zero-order valence-corrected chi connectivity index (χ0v) is 24.5. The molecule has 0 radical (unpaired) electrons. The minimum absolute atomic E-state index is 0.109. The van der Waals surface area contributed by atoms with E-state index < -0.39 is 59.8 Å². The van der Waals surface area contributed by atoms with E-state index in [2.05, 4.69) is 16.4 Å². The highest BCUT2D eigenvalue weighted by atomic mass is 19.3. The second kappa shape index (κ2) is 13.6. The summed E-state index contributed by atoms with van der Waals surface area (Å²) in [7, 11) is 0. The highest BCUT2D eigenvalue weighted by Gasteiger charge is 2.47. The third-order valence-corrected chi connectivity index (χ3v) is 9.31. The Morgan fingerprint density at radius 1 is 0.733 bits per heavy atom. The van der Waals surface area contributed by atoms with Crippen LogP contribution < -0.4 is 9.47 Å². The van der Waals surface area contributed by atoms with E-state index in [1.807, 2.05) is 0 Å². The molecule has 1 heterocycles. The van der Waals surface area contributed by atoms with Crippen molar-refractivity contribution < 1.29 is 58.5 Å². The fourth-order valence-electron chi connectivity index (χ4n) is 6.62. The predicted molar refractivity (Wildman–Crippen MR) is 144 cm³/mol. The van der Waals surface area contributed by atoms with Crippen LogP contribution in [0.1, 0.15) is 81.6 Å². The number of rotatable bonds is 9. The summed E-state index contributed by atoms with van der Waals surface area (Å²) in [4.78, 5) is 0. The van der Waals surface area contributed by atoms with E-state index >= 15 is 4.39 Å². The number of hydrogen-bond donors (Lipinski definition) is 0. The molecule has 45 heavy (non-hydrogen) atoms. The molecule has 0 N–H and O–H groups in total. The Morgan fingerprint density at radius 3 is 1.89 bits per heavy atom. The molecule has 2 aromatic carbocycles. The predicted octanol–water partition coefficient (Wildman–Crippen LogP) is 9.77. The largest absolute Gasteiger partial charge is 0.461 e. The van der Waals surface area contributed by atoms with Crippen LogP contribution in [0, 0.1) is 41.1 Å². The first kappa shape index (κ1) is 33.7. The first-order valence-electron chi connectivity index (χ1n) is 15.2. The van der Waals surface area contributed by atoms with Crippen molar-refractivity contribution in [3.63, 3.8) is 0 Å². The van der Waals surface area contributed by atoms with Gasteiger partial charge in [-0.15, -0.1) is 0 Å². The van der Waals surface area contributed by atoms with E-state index in [1.54, 1.807) is 12.1 Å². The van der Waals surface area contributed by atoms with Gasteiger partial charge in [0.05, 0.1) is 19.1 Å². The molecule has 2 saturated carbocycles. The maximum Gasteiger partial charge on any atom is 0.461 e. The maximum absolute atomic E-state index is 15.2. The Bertz CT molecular complexity index is 1280. The third-order valence-electron chi connectivity index (χ3n) is 9.31. The molecule has 3 aliphatic rings. The molecule has 1 aliphatic heterocycles. The SMILES string of the molecule is CC1CCC(C2COC(c3ccc(C4CCC(C(F)(F)Oc5cc(F)c(OC(F)(F)C(F)F)c(F)c5)CC4)c(F)c3)OC2)CC1. The van der Waals surface area contributed by atoms with Gasteiger partial charge in [0, 0.05) is 23.6 Å². The Labute approximate surface area is 255 Å². The van der Waals surface area contributed by atoms with Gasteiger partial charge < -0.3 is 18.9 Å². The molecule has 1 saturated heterocycles. The zero-order chi connectivity index (χ0) is 32.5. The molecule has 0 amide bonds. The van der Waals surface area contributed by atoms with Gasteiger partial charge in [-0.05, 0) is 67.9 Å². The number of alkyl halides is 6. The Hall–Kier alpha value is -2.67. The van der Waals surface area contributed by atoms with Crippen molar-refractivity contribution in [3.8, 4) is 11.5 Å². The van der Waals surface area contributed by atoms with Crippen molar-refractivity contribution in [2.45, 2.75) is 89.1 Å². The lowest BCUT2D eigenvalue weighted by molar-refractivity contribution is -0.255. The average molecular weight is 655 g/mol. The molecule has 5 rings (SSSR count). The molecule has 4 nitrogen and oxygen atoms in total. The van der Waals surface area contributed by atoms with Crippen LogP contribution in [0.5, 0.6) is 11.5 Å². The van der Waals surface area contributed by atoms with Gasteiger partial charge in [-0.1, -0.05) is 31.9 Å². The van der Waals surface area contributed by atoms with Gasteiger partial charge in [-0.2, -0.15) is 26.3 Å². The van der Waals surface area contributed by atoms with Crippen LogP contribution in [0.25, 0.3) is 0 Å². The average Bonchev–Trinajstić information content (AvgIpc) is 2.99. The summed E-state index contributed by atoms with van der Waals surface area (Å²) in [6.45, 7) is 3.35. The lowest BCUT2D eigenvalue weighted by Gasteiger charge is -2.37. The topological polar surface area (TPSA) is 36.9 Å². The van der Waals surface area contributed by atoms with Crippen molar-refractivity contribution >= 4 is 0 Å². The standard InChI is InChI=1S/C32H35F9O4/c1-17-2-4-18(5-3-17)21-15-42-29(43-16-21)20-8-11-24(25(33)12-20)19-6-9-22(10-7-19)31(38,39)44-23-13-26(34)28(27(35)14-23)45-32(40,41)30(36)37/h8,11-14,17-19,21-22,29-30H,2-7,9-10,15-16H2,1H3. The summed E-state index contributed by atoms with van der Waals surface area (Å²) in [6, 6.07) is 4.96. The Kier molecular flexibility index (Phi) is 10.2. The van der Waals surface area contributed by atoms with E-state index in [-0.39, 0.29) is 43.7 Å². The molecule has 250 valence electrons. The van der Waals surface area contributed by atoms with Crippen LogP contribution in [-0.2, 0) is 9.47 Å². The first-order chi connectivity index (χ1) is 21.2. The van der Waals surface area contributed by atoms with Gasteiger partial charge in [0.15, 0.2) is 23.7 Å². The van der Waals surface area contributed by atoms with Gasteiger partial charge in [0.2, 0.25) is 0 Å². The molecular formula is C32H35F9O4. The van der Waals surface area contributed by atoms with Gasteiger partial charge in [0.25, 0.3) is 0 Å². The summed E-state index contributed by atoms with van der Waals surface area (Å²) in [6.07, 6.45) is -9.36. The van der Waals surface area contributed by atoms with Gasteiger partial charge >= 0.3 is 18.6 Å². The molecule has 0 atom stereocenters. The third kappa shape index (κ3) is 7.84. The minimum atomic E-state index is -5.21. The number of ether oxygens (including phenoxy) is 4. The lowest BCUT2D eigenvalue weighted by atomic mass is 9.76. The summed E-state index contributed by atoms with van der Waals surface area (Å²) >= 11 is 0. The van der Waals surface area contributed by atoms with Crippen LogP contribution >= 0.6 is 0 Å². The monoisotopic (exact) mass is 654 g/mol. The summed E-state index contributed by atoms with van der Waals surface area (Å²) in [5.41, 5.74) is 0.904. The lowest BCUT2D eigenvalue weighted by Crippen LogP contribution is -2.37. The van der Waals surface area contributed by atoms with E-state index in [0.717, 1.165) is 18.8 Å². The highest BCUT2D eigenvalue weighted by molar-refractivity contribution is 5.35. The van der Waals surface area contributed by atoms with Crippen molar-refractivity contribution in [1.82, 2.24) is 0 Å². The second-order valence-electron chi connectivity index (χ2n) is 12.5. The van der Waals surface area contributed by atoms with Crippen LogP contribution in [0.15, 0.2) is 30.3 Å². The van der Waals surface area contributed by atoms with Crippen LogP contribution in [-0.4, -0.2) is 31.9 Å². The van der Waals surface area contributed by atoms with Crippen LogP contribution in [0.4, 0.5) is 39.5 Å². The number of halogens is 9. The van der Waals surface area contributed by atoms with Gasteiger partial charge in [0.1, 0.15) is 11.6 Å². The molecule has 0 bridgehead atoms. The summed E-state index contributed by atoms with van der Waals surface area (Å²) in [5, 5.41) is 0. The fraction of sp³-hybridized carbons (Fsp3) is 0.625. The maximum atomic E-state index is 15.2. The molecule has 0 unspecified atom stereocenters. The van der Waals surface area contributed by atoms with Crippen molar-refractivity contribution in [2.75, 3.05) is 13.2 Å². The second-order valence-corrected chi connectivity index (χ2v) is 12.5. The smallest absolute Gasteiger partial charge is 0.432 e. The fourth-order valence-corrected chi connectivity index (χ4v) is 6.62. The van der Waals surface area contributed by atoms with Crippen molar-refractivity contribution in [1.29, 1.82) is 0 Å². The van der Waals surface area contributed by atoms with Crippen molar-refractivity contribution in [2.24, 2.45) is 23.7 Å². The van der Waals surface area contributed by atoms with Crippen LogP contribution in [0.3, 0.4) is 0 Å². The van der Waals surface area contributed by atoms with Gasteiger partial charge in [-0.3, -0.25) is 0 Å². The minimum Gasteiger partial charge on any atom is -0.432 e. The molecule has 2 aliphatic carbocycles. The van der Waals surface area contributed by atoms with E-state index in [4.69, 9.17) is 9.47 Å². The normalized spacial score (nSPS) is 28.2. The first-order valence-corrected chi connectivity index (χ1v) is 15.2. The summed E-state index contributed by atoms with van der Waals surface area (Å²) < 4.78 is 144. The van der Waals surface area contributed by atoms with E-state index in [9.17, 15) is 35.1 Å². The summed E-state index contributed by atoms with van der Waals surface area (Å²) in [5.74, 6) is -7.39. The molecular weight excluding hydrogens is 619 g/mol. The molecule has 3 fully saturated rings. The molecule has 2 aromatic rings. The number of benzene rings is 2. The zero-order valence-electron chi connectivity index (χ0n) is 24.5. The van der Waals surface area contributed by atoms with Gasteiger partial charge in [-0.25, -0.2) is 13.2 Å². The Morgan fingerprint density at radius 2 is 1.33 bits per heavy atom. The molecule has 0 aromatic heterocycles. The molecule has 0 spiro atoms. The quantitative estimate of drug-likeness (QED) is 0.253. The Balaban J connectivity index is 1.14. The van der Waals surface area contributed by atoms with E-state index in [0.29, 0.717) is 36.2 Å². The van der Waals surface area contributed by atoms with Crippen molar-refractivity contribution in [3.05, 3.63) is 58.9 Å². The van der Waals surface area contributed by atoms with E-state index in [1.165, 1.54) is 18.9 Å². The number of hydrogen-bond acceptors (Lipinski definition) is 4. The molecule has 13 heteroatoms. The van der Waals surface area contributed by atoms with Crippen LogP contribution in [0.2, 0.25) is 0 Å².